The van der Waals surface area contributed by atoms with Crippen LogP contribution in [-0.4, -0.2) is 68.7 Å². The number of likely N-dealkylation sites (N-methyl/N-ethyl adjacent to an activating group) is 1. The molecule has 1 N–H and O–H groups in total. The Balaban J connectivity index is 1.38. The molecule has 9 nitrogen and oxygen atoms in total. The number of anilines is 1. The van der Waals surface area contributed by atoms with Gasteiger partial charge in [-0.2, -0.15) is 28.0 Å². The molecule has 1 aliphatic heterocycles. The monoisotopic (exact) mass is 544 g/mol. The van der Waals surface area contributed by atoms with Crippen molar-refractivity contribution in [2.45, 2.75) is 12.7 Å². The van der Waals surface area contributed by atoms with Gasteiger partial charge in [0.1, 0.15) is 0 Å². The summed E-state index contributed by atoms with van der Waals surface area (Å²) in [6.45, 7) is 3.04. The van der Waals surface area contributed by atoms with Gasteiger partial charge in [0.15, 0.2) is 5.65 Å². The summed E-state index contributed by atoms with van der Waals surface area (Å²) in [5, 5.41) is 24.1. The Labute approximate surface area is 227 Å². The summed E-state index contributed by atoms with van der Waals surface area (Å²) in [6, 6.07) is 13.5. The summed E-state index contributed by atoms with van der Waals surface area (Å²) in [6.07, 6.45) is -3.06. The maximum absolute atomic E-state index is 14.0. The number of aromatic nitrogens is 4. The van der Waals surface area contributed by atoms with Gasteiger partial charge < -0.3 is 10.2 Å². The topological polar surface area (TPSA) is 102 Å². The van der Waals surface area contributed by atoms with Crippen LogP contribution >= 0.6 is 0 Å². The van der Waals surface area contributed by atoms with Crippen LogP contribution in [0.15, 0.2) is 54.7 Å². The Morgan fingerprint density at radius 1 is 1.02 bits per heavy atom. The first-order valence-corrected chi connectivity index (χ1v) is 12.4. The van der Waals surface area contributed by atoms with E-state index in [2.05, 4.69) is 37.4 Å². The molecular weight excluding hydrogens is 521 g/mol. The predicted molar refractivity (Wildman–Crippen MR) is 140 cm³/mol. The summed E-state index contributed by atoms with van der Waals surface area (Å²) in [5.74, 6) is 5.25. The van der Waals surface area contributed by atoms with E-state index < -0.39 is 17.6 Å². The molecule has 1 fully saturated rings. The van der Waals surface area contributed by atoms with E-state index in [1.165, 1.54) is 34.8 Å². The van der Waals surface area contributed by atoms with Gasteiger partial charge in [-0.3, -0.25) is 9.69 Å². The third-order valence-electron chi connectivity index (χ3n) is 6.48. The van der Waals surface area contributed by atoms with Gasteiger partial charge >= 0.3 is 6.18 Å². The van der Waals surface area contributed by atoms with E-state index >= 15 is 0 Å². The number of carbonyl (C=O) groups excluding carboxylic acids is 1. The lowest BCUT2D eigenvalue weighted by atomic mass is 10.0. The van der Waals surface area contributed by atoms with Crippen molar-refractivity contribution < 1.29 is 18.0 Å². The third kappa shape index (κ3) is 6.10. The molecule has 202 valence electrons. The molecule has 2 aromatic heterocycles. The Morgan fingerprint density at radius 3 is 2.55 bits per heavy atom. The first-order valence-electron chi connectivity index (χ1n) is 12.4. The summed E-state index contributed by atoms with van der Waals surface area (Å²) < 4.78 is 43.3. The van der Waals surface area contributed by atoms with E-state index in [0.717, 1.165) is 19.2 Å². The van der Waals surface area contributed by atoms with Crippen molar-refractivity contribution >= 4 is 17.2 Å². The van der Waals surface area contributed by atoms with Gasteiger partial charge in [0.2, 0.25) is 5.82 Å². The van der Waals surface area contributed by atoms with E-state index in [0.29, 0.717) is 24.3 Å². The molecule has 1 saturated heterocycles. The highest BCUT2D eigenvalue weighted by Crippen LogP contribution is 2.33. The van der Waals surface area contributed by atoms with E-state index in [9.17, 15) is 23.2 Å². The molecule has 2 aromatic carbocycles. The van der Waals surface area contributed by atoms with Crippen LogP contribution in [0.25, 0.3) is 5.65 Å². The highest BCUT2D eigenvalue weighted by molar-refractivity contribution is 6.04. The summed E-state index contributed by atoms with van der Waals surface area (Å²) in [5.41, 5.74) is 0.459. The molecule has 5 rings (SSSR count). The number of nitriles is 1. The minimum absolute atomic E-state index is 0.119. The molecule has 40 heavy (non-hydrogen) atoms. The van der Waals surface area contributed by atoms with Crippen LogP contribution in [0.3, 0.4) is 0 Å². The maximum atomic E-state index is 14.0. The predicted octanol–water partition coefficient (Wildman–Crippen LogP) is 3.41. The molecule has 4 aromatic rings. The lowest BCUT2D eigenvalue weighted by Gasteiger charge is -2.33. The van der Waals surface area contributed by atoms with Gasteiger partial charge in [-0.25, -0.2) is 0 Å². The van der Waals surface area contributed by atoms with Gasteiger partial charge in [0.25, 0.3) is 5.91 Å². The molecule has 1 amide bonds. The Kier molecular flexibility index (Phi) is 7.47. The highest BCUT2D eigenvalue weighted by atomic mass is 19.4. The van der Waals surface area contributed by atoms with Crippen LogP contribution < -0.4 is 5.32 Å². The number of fused-ring (bicyclic) bond motifs is 1. The second kappa shape index (κ2) is 11.1. The average Bonchev–Trinajstić information content (AvgIpc) is 3.35. The van der Waals surface area contributed by atoms with Crippen LogP contribution in [-0.2, 0) is 12.7 Å². The molecule has 0 radical (unpaired) electrons. The van der Waals surface area contributed by atoms with Crippen molar-refractivity contribution in [3.63, 3.8) is 0 Å². The number of amides is 1. The Morgan fingerprint density at radius 2 is 1.80 bits per heavy atom. The summed E-state index contributed by atoms with van der Waals surface area (Å²) in [7, 11) is 1.98. The maximum Gasteiger partial charge on any atom is 0.416 e. The van der Waals surface area contributed by atoms with Gasteiger partial charge in [0, 0.05) is 55.7 Å². The molecule has 0 bridgehead atoms. The summed E-state index contributed by atoms with van der Waals surface area (Å²) in [4.78, 5) is 17.1. The van der Waals surface area contributed by atoms with Crippen molar-refractivity contribution in [2.24, 2.45) is 0 Å². The lowest BCUT2D eigenvalue weighted by molar-refractivity contribution is -0.138. The first-order chi connectivity index (χ1) is 19.2. The first kappa shape index (κ1) is 26.8. The molecule has 3 heterocycles. The number of alkyl halides is 3. The standard InChI is InChI=1S/C28H23F3N8O/c1-37-9-11-38(12-10-37)18-22-6-5-21(16-24(22)28(29,30)31)27(40)34-23-14-19(13-20(15-23)17-32)4-7-26-36-35-25-3-2-8-33-39(25)26/h2-3,5-6,8,13-16H,9-12,18H2,1H3,(H,34,40). The zero-order chi connectivity index (χ0) is 28.3. The number of carbonyl (C=O) groups is 1. The highest BCUT2D eigenvalue weighted by Gasteiger charge is 2.34. The van der Waals surface area contributed by atoms with Crippen LogP contribution in [0.4, 0.5) is 18.9 Å². The largest absolute Gasteiger partial charge is 0.416 e. The molecule has 1 aliphatic rings. The normalized spacial score (nSPS) is 14.4. The molecule has 0 saturated carbocycles. The van der Waals surface area contributed by atoms with Gasteiger partial charge in [0.05, 0.1) is 17.2 Å². The van der Waals surface area contributed by atoms with Gasteiger partial charge in [-0.1, -0.05) is 12.0 Å². The minimum Gasteiger partial charge on any atom is -0.322 e. The van der Waals surface area contributed by atoms with Crippen LogP contribution in [0.5, 0.6) is 0 Å². The molecule has 0 aliphatic carbocycles. The van der Waals surface area contributed by atoms with Crippen LogP contribution in [0.1, 0.15) is 38.4 Å². The number of hydrogen-bond donors (Lipinski definition) is 1. The summed E-state index contributed by atoms with van der Waals surface area (Å²) >= 11 is 0. The molecular formula is C28H23F3N8O. The van der Waals surface area contributed by atoms with Crippen molar-refractivity contribution in [1.29, 1.82) is 5.26 Å². The second-order valence-electron chi connectivity index (χ2n) is 9.38. The fourth-order valence-corrected chi connectivity index (χ4v) is 4.36. The molecule has 0 atom stereocenters. The smallest absolute Gasteiger partial charge is 0.322 e. The fraction of sp³-hybridized carbons (Fsp3) is 0.250. The number of piperazine rings is 1. The third-order valence-corrected chi connectivity index (χ3v) is 6.48. The van der Waals surface area contributed by atoms with Crippen molar-refractivity contribution in [1.82, 2.24) is 29.6 Å². The van der Waals surface area contributed by atoms with Gasteiger partial charge in [-0.15, -0.1) is 10.2 Å². The van der Waals surface area contributed by atoms with E-state index in [4.69, 9.17) is 0 Å². The number of rotatable bonds is 4. The lowest BCUT2D eigenvalue weighted by Crippen LogP contribution is -2.44. The quantitative estimate of drug-likeness (QED) is 0.393. The molecule has 0 unspecified atom stereocenters. The number of benzene rings is 2. The van der Waals surface area contributed by atoms with Crippen molar-refractivity contribution in [2.75, 3.05) is 38.5 Å². The number of nitrogens with zero attached hydrogens (tertiary/aromatic N) is 7. The number of nitrogens with one attached hydrogen (secondary N) is 1. The van der Waals surface area contributed by atoms with Crippen molar-refractivity contribution in [3.8, 4) is 17.9 Å². The van der Waals surface area contributed by atoms with Crippen molar-refractivity contribution in [3.05, 3.63) is 88.4 Å². The zero-order valence-corrected chi connectivity index (χ0v) is 21.4. The zero-order valence-electron chi connectivity index (χ0n) is 21.4. The minimum atomic E-state index is -4.62. The van der Waals surface area contributed by atoms with Crippen LogP contribution in [0, 0.1) is 23.2 Å². The number of hydrogen-bond acceptors (Lipinski definition) is 7. The SMILES string of the molecule is CN1CCN(Cc2ccc(C(=O)Nc3cc(C#N)cc(C#Cc4nnc5cccnn45)c3)cc2C(F)(F)F)CC1. The molecule has 12 heteroatoms. The van der Waals surface area contributed by atoms with E-state index in [-0.39, 0.29) is 34.7 Å². The Hall–Kier alpha value is -4.78. The van der Waals surface area contributed by atoms with Crippen LogP contribution in [0.2, 0.25) is 0 Å². The second-order valence-corrected chi connectivity index (χ2v) is 9.38. The fourth-order valence-electron chi connectivity index (χ4n) is 4.36. The molecule has 0 spiro atoms. The Bertz CT molecular complexity index is 1670. The van der Waals surface area contributed by atoms with E-state index in [1.807, 2.05) is 18.0 Å². The average molecular weight is 545 g/mol. The van der Waals surface area contributed by atoms with E-state index in [1.54, 1.807) is 18.3 Å². The number of halogens is 3. The van der Waals surface area contributed by atoms with Gasteiger partial charge in [-0.05, 0) is 61.0 Å².